The van der Waals surface area contributed by atoms with Crippen molar-refractivity contribution in [1.29, 1.82) is 0 Å². The first kappa shape index (κ1) is 33.5. The summed E-state index contributed by atoms with van der Waals surface area (Å²) in [6.45, 7) is 4.21. The highest BCUT2D eigenvalue weighted by Gasteiger charge is 2.22. The normalized spacial score (nSPS) is 13.6. The Labute approximate surface area is 277 Å². The summed E-state index contributed by atoms with van der Waals surface area (Å²) in [6.07, 6.45) is 4.92. The molecule has 4 heterocycles. The third-order valence-corrected chi connectivity index (χ3v) is 8.69. The van der Waals surface area contributed by atoms with Gasteiger partial charge in [0.05, 0.1) is 40.8 Å². The van der Waals surface area contributed by atoms with Gasteiger partial charge in [-0.1, -0.05) is 41.4 Å². The zero-order valence-electron chi connectivity index (χ0n) is 25.6. The molecule has 1 aliphatic heterocycles. The molecule has 1 amide bonds. The standard InChI is InChI=1S/C33H36Cl2FN7O3/c1-20(45)43-15-10-23(11-16-43)40-19-22-6-7-26(42-33(22)46-2)24-9-13-38-31(29(24)35)25-4-3-5-27(28(25)34)41-32-30(36)21(8-12-39-32)18-37-14-17-44/h3-9,12-13,23,37,40,44H,10-11,14-19H2,1-2H3,(H,39,41). The maximum absolute atomic E-state index is 15.2. The monoisotopic (exact) mass is 667 g/mol. The van der Waals surface area contributed by atoms with Gasteiger partial charge in [0, 0.05) is 80.3 Å². The van der Waals surface area contributed by atoms with Crippen molar-refractivity contribution < 1.29 is 19.0 Å². The summed E-state index contributed by atoms with van der Waals surface area (Å²) in [5.74, 6) is 0.0859. The van der Waals surface area contributed by atoms with Gasteiger partial charge < -0.3 is 30.7 Å². The van der Waals surface area contributed by atoms with Gasteiger partial charge >= 0.3 is 0 Å². The van der Waals surface area contributed by atoms with Gasteiger partial charge in [-0.05, 0) is 37.1 Å². The van der Waals surface area contributed by atoms with Crippen LogP contribution in [-0.4, -0.2) is 70.3 Å². The number of aromatic nitrogens is 3. The van der Waals surface area contributed by atoms with Crippen LogP contribution in [0.3, 0.4) is 0 Å². The number of ether oxygens (including phenoxy) is 1. The Morgan fingerprint density at radius 3 is 2.54 bits per heavy atom. The van der Waals surface area contributed by atoms with Crippen LogP contribution < -0.4 is 20.7 Å². The second kappa shape index (κ2) is 15.6. The number of carbonyl (C=O) groups is 1. The lowest BCUT2D eigenvalue weighted by Gasteiger charge is -2.31. The predicted molar refractivity (Wildman–Crippen MR) is 178 cm³/mol. The van der Waals surface area contributed by atoms with E-state index in [2.05, 4.69) is 25.9 Å². The topological polar surface area (TPSA) is 125 Å². The van der Waals surface area contributed by atoms with Crippen molar-refractivity contribution in [2.75, 3.05) is 38.7 Å². The summed E-state index contributed by atoms with van der Waals surface area (Å²) in [5, 5.41) is 19.2. The molecule has 0 saturated carbocycles. The number of rotatable bonds is 12. The zero-order chi connectivity index (χ0) is 32.6. The largest absolute Gasteiger partial charge is 0.481 e. The third kappa shape index (κ3) is 7.73. The van der Waals surface area contributed by atoms with E-state index in [1.165, 1.54) is 6.20 Å². The Hall–Kier alpha value is -3.87. The van der Waals surface area contributed by atoms with Crippen LogP contribution in [0, 0.1) is 5.82 Å². The number of benzene rings is 1. The van der Waals surface area contributed by atoms with Crippen molar-refractivity contribution in [2.45, 2.75) is 38.9 Å². The summed E-state index contributed by atoms with van der Waals surface area (Å²) in [5.41, 5.74) is 3.96. The highest BCUT2D eigenvalue weighted by Crippen LogP contribution is 2.41. The molecule has 0 unspecified atom stereocenters. The van der Waals surface area contributed by atoms with Gasteiger partial charge in [0.15, 0.2) is 11.6 Å². The molecule has 1 aliphatic rings. The van der Waals surface area contributed by atoms with E-state index in [0.717, 1.165) is 31.5 Å². The number of carbonyl (C=O) groups excluding carboxylic acids is 1. The fourth-order valence-electron chi connectivity index (χ4n) is 5.36. The Morgan fingerprint density at radius 2 is 1.80 bits per heavy atom. The SMILES string of the molecule is COc1nc(-c2ccnc(-c3cccc(Nc4nccc(CNCCO)c4F)c3Cl)c2Cl)ccc1CNC1CCN(C(C)=O)CC1. The maximum atomic E-state index is 15.2. The average Bonchev–Trinajstić information content (AvgIpc) is 3.07. The van der Waals surface area contributed by atoms with Gasteiger partial charge in [-0.15, -0.1) is 0 Å². The van der Waals surface area contributed by atoms with E-state index >= 15 is 4.39 Å². The molecular formula is C33H36Cl2FN7O3. The molecule has 5 rings (SSSR count). The zero-order valence-corrected chi connectivity index (χ0v) is 27.1. The Balaban J connectivity index is 1.35. The number of nitrogens with one attached hydrogen (secondary N) is 3. The molecule has 1 saturated heterocycles. The number of methoxy groups -OCH3 is 1. The molecule has 0 radical (unpaired) electrons. The fraction of sp³-hybridized carbons (Fsp3) is 0.333. The van der Waals surface area contributed by atoms with E-state index in [9.17, 15) is 4.79 Å². The molecule has 0 aliphatic carbocycles. The molecule has 1 aromatic carbocycles. The van der Waals surface area contributed by atoms with Crippen molar-refractivity contribution in [1.82, 2.24) is 30.5 Å². The summed E-state index contributed by atoms with van der Waals surface area (Å²) in [6, 6.07) is 12.8. The van der Waals surface area contributed by atoms with Crippen molar-refractivity contribution in [2.24, 2.45) is 0 Å². The van der Waals surface area contributed by atoms with E-state index in [1.54, 1.807) is 50.6 Å². The number of anilines is 2. The number of piperidine rings is 1. The number of aliphatic hydroxyl groups excluding tert-OH is 1. The lowest BCUT2D eigenvalue weighted by Crippen LogP contribution is -2.44. The number of pyridine rings is 3. The van der Waals surface area contributed by atoms with Gasteiger partial charge in [0.2, 0.25) is 11.8 Å². The Morgan fingerprint density at radius 1 is 1.02 bits per heavy atom. The number of nitrogens with zero attached hydrogens (tertiary/aromatic N) is 4. The van der Waals surface area contributed by atoms with Crippen LogP contribution in [0.4, 0.5) is 15.9 Å². The minimum Gasteiger partial charge on any atom is -0.481 e. The third-order valence-electron chi connectivity index (χ3n) is 7.90. The number of likely N-dealkylation sites (tertiary alicyclic amines) is 1. The van der Waals surface area contributed by atoms with Gasteiger partial charge in [0.25, 0.3) is 0 Å². The number of aliphatic hydroxyl groups is 1. The molecule has 1 fully saturated rings. The second-order valence-corrected chi connectivity index (χ2v) is 11.6. The molecule has 0 bridgehead atoms. The molecule has 242 valence electrons. The van der Waals surface area contributed by atoms with Crippen molar-refractivity contribution >= 4 is 40.6 Å². The van der Waals surface area contributed by atoms with Crippen LogP contribution in [-0.2, 0) is 17.9 Å². The van der Waals surface area contributed by atoms with Crippen LogP contribution in [0.25, 0.3) is 22.5 Å². The molecule has 0 spiro atoms. The van der Waals surface area contributed by atoms with Gasteiger partial charge in [-0.25, -0.2) is 14.4 Å². The summed E-state index contributed by atoms with van der Waals surface area (Å²) in [7, 11) is 1.58. The van der Waals surface area contributed by atoms with Crippen molar-refractivity contribution in [3.63, 3.8) is 0 Å². The molecular weight excluding hydrogens is 632 g/mol. The fourth-order valence-corrected chi connectivity index (χ4v) is 5.93. The second-order valence-electron chi connectivity index (χ2n) is 10.9. The first-order valence-corrected chi connectivity index (χ1v) is 15.7. The van der Waals surface area contributed by atoms with Crippen molar-refractivity contribution in [3.05, 3.63) is 81.8 Å². The molecule has 0 atom stereocenters. The molecule has 13 heteroatoms. The average molecular weight is 669 g/mol. The molecule has 10 nitrogen and oxygen atoms in total. The van der Waals surface area contributed by atoms with Gasteiger partial charge in [0.1, 0.15) is 0 Å². The van der Waals surface area contributed by atoms with Crippen LogP contribution >= 0.6 is 23.2 Å². The molecule has 4 aromatic rings. The van der Waals surface area contributed by atoms with Gasteiger partial charge in [-0.2, -0.15) is 0 Å². The highest BCUT2D eigenvalue weighted by molar-refractivity contribution is 6.39. The first-order chi connectivity index (χ1) is 22.3. The highest BCUT2D eigenvalue weighted by atomic mass is 35.5. The van der Waals surface area contributed by atoms with Crippen LogP contribution in [0.5, 0.6) is 5.88 Å². The number of amides is 1. The Bertz CT molecular complexity index is 1690. The van der Waals surface area contributed by atoms with Crippen LogP contribution in [0.15, 0.2) is 54.9 Å². The summed E-state index contributed by atoms with van der Waals surface area (Å²) in [4.78, 5) is 26.9. The molecule has 3 aromatic heterocycles. The van der Waals surface area contributed by atoms with E-state index in [1.807, 2.05) is 17.0 Å². The molecule has 4 N–H and O–H groups in total. The molecule has 46 heavy (non-hydrogen) atoms. The van der Waals surface area contributed by atoms with E-state index in [4.69, 9.17) is 38.0 Å². The minimum absolute atomic E-state index is 0.0162. The smallest absolute Gasteiger partial charge is 0.219 e. The van der Waals surface area contributed by atoms with E-state index < -0.39 is 5.82 Å². The van der Waals surface area contributed by atoms with Gasteiger partial charge in [-0.3, -0.25) is 9.78 Å². The lowest BCUT2D eigenvalue weighted by molar-refractivity contribution is -0.129. The van der Waals surface area contributed by atoms with E-state index in [-0.39, 0.29) is 24.9 Å². The first-order valence-electron chi connectivity index (χ1n) is 15.0. The number of hydrogen-bond acceptors (Lipinski definition) is 9. The quantitative estimate of drug-likeness (QED) is 0.143. The van der Waals surface area contributed by atoms with Crippen molar-refractivity contribution in [3.8, 4) is 28.4 Å². The minimum atomic E-state index is -0.524. The summed E-state index contributed by atoms with van der Waals surface area (Å²) >= 11 is 13.8. The van der Waals surface area contributed by atoms with Crippen LogP contribution in [0.1, 0.15) is 30.9 Å². The summed E-state index contributed by atoms with van der Waals surface area (Å²) < 4.78 is 20.8. The lowest BCUT2D eigenvalue weighted by atomic mass is 10.0. The number of halogens is 3. The predicted octanol–water partition coefficient (Wildman–Crippen LogP) is 5.59. The van der Waals surface area contributed by atoms with E-state index in [0.29, 0.717) is 68.8 Å². The number of hydrogen-bond donors (Lipinski definition) is 4. The Kier molecular flexibility index (Phi) is 11.4. The van der Waals surface area contributed by atoms with Crippen LogP contribution in [0.2, 0.25) is 10.0 Å². The maximum Gasteiger partial charge on any atom is 0.219 e.